The van der Waals surface area contributed by atoms with Gasteiger partial charge in [0.2, 0.25) is 0 Å². The summed E-state index contributed by atoms with van der Waals surface area (Å²) in [5, 5.41) is 0. The summed E-state index contributed by atoms with van der Waals surface area (Å²) < 4.78 is 5.01. The lowest BCUT2D eigenvalue weighted by molar-refractivity contribution is 0.147. The second kappa shape index (κ2) is 6.43. The van der Waals surface area contributed by atoms with Crippen molar-refractivity contribution in [3.8, 4) is 0 Å². The Bertz CT molecular complexity index is 328. The number of rotatable bonds is 5. The fourth-order valence-corrected chi connectivity index (χ4v) is 2.55. The van der Waals surface area contributed by atoms with Crippen molar-refractivity contribution in [2.45, 2.75) is 18.9 Å². The maximum Gasteiger partial charge on any atom is 0.327 e. The molecule has 1 unspecified atom stereocenters. The highest BCUT2D eigenvalue weighted by Gasteiger charge is 2.24. The first-order chi connectivity index (χ1) is 8.27. The van der Waals surface area contributed by atoms with Crippen molar-refractivity contribution >= 4 is 8.60 Å². The minimum absolute atomic E-state index is 0.128. The Hall–Kier alpha value is -0.510. The van der Waals surface area contributed by atoms with E-state index in [0.717, 1.165) is 13.1 Å². The number of hydrogen-bond donors (Lipinski definition) is 2. The highest BCUT2D eigenvalue weighted by Crippen LogP contribution is 2.31. The molecule has 1 fully saturated rings. The third kappa shape index (κ3) is 3.73. The minimum Gasteiger partial charge on any atom is -0.328 e. The SMILES string of the molecule is OP(O)OCC(c1ccccc1)N1CCCC1. The molecule has 0 bridgehead atoms. The van der Waals surface area contributed by atoms with Gasteiger partial charge in [0.15, 0.2) is 0 Å². The Morgan fingerprint density at radius 3 is 2.41 bits per heavy atom. The lowest BCUT2D eigenvalue weighted by atomic mass is 10.1. The summed E-state index contributed by atoms with van der Waals surface area (Å²) in [6.45, 7) is 2.44. The van der Waals surface area contributed by atoms with Gasteiger partial charge in [0.25, 0.3) is 0 Å². The second-order valence-corrected chi connectivity index (χ2v) is 4.98. The number of benzene rings is 1. The van der Waals surface area contributed by atoms with Crippen molar-refractivity contribution in [1.82, 2.24) is 4.90 Å². The molecule has 1 atom stereocenters. The van der Waals surface area contributed by atoms with Gasteiger partial charge >= 0.3 is 8.60 Å². The van der Waals surface area contributed by atoms with E-state index in [4.69, 9.17) is 14.3 Å². The molecule has 2 rings (SSSR count). The molecule has 0 aromatic heterocycles. The third-order valence-electron chi connectivity index (χ3n) is 3.11. The van der Waals surface area contributed by atoms with Gasteiger partial charge in [0.05, 0.1) is 12.6 Å². The first kappa shape index (κ1) is 12.9. The van der Waals surface area contributed by atoms with Crippen LogP contribution in [-0.4, -0.2) is 34.4 Å². The van der Waals surface area contributed by atoms with Crippen LogP contribution in [0.4, 0.5) is 0 Å². The number of nitrogens with zero attached hydrogens (tertiary/aromatic N) is 1. The second-order valence-electron chi connectivity index (χ2n) is 4.22. The Morgan fingerprint density at radius 1 is 1.18 bits per heavy atom. The maximum absolute atomic E-state index is 8.87. The van der Waals surface area contributed by atoms with Gasteiger partial charge in [-0.1, -0.05) is 30.3 Å². The molecule has 0 spiro atoms. The molecule has 0 amide bonds. The molecule has 1 aliphatic heterocycles. The average molecular weight is 255 g/mol. The largest absolute Gasteiger partial charge is 0.328 e. The van der Waals surface area contributed by atoms with E-state index in [9.17, 15) is 0 Å². The van der Waals surface area contributed by atoms with E-state index >= 15 is 0 Å². The summed E-state index contributed by atoms with van der Waals surface area (Å²) in [7, 11) is -2.26. The molecule has 17 heavy (non-hydrogen) atoms. The van der Waals surface area contributed by atoms with Crippen molar-refractivity contribution in [2.75, 3.05) is 19.7 Å². The summed E-state index contributed by atoms with van der Waals surface area (Å²) in [6, 6.07) is 10.2. The molecule has 0 aliphatic carbocycles. The fraction of sp³-hybridized carbons (Fsp3) is 0.500. The smallest absolute Gasteiger partial charge is 0.327 e. The Morgan fingerprint density at radius 2 is 1.82 bits per heavy atom. The highest BCUT2D eigenvalue weighted by molar-refractivity contribution is 7.39. The van der Waals surface area contributed by atoms with Crippen LogP contribution in [-0.2, 0) is 4.52 Å². The van der Waals surface area contributed by atoms with Crippen LogP contribution in [0.3, 0.4) is 0 Å². The maximum atomic E-state index is 8.87. The Labute approximate surface area is 103 Å². The van der Waals surface area contributed by atoms with Gasteiger partial charge in [-0.15, -0.1) is 0 Å². The van der Waals surface area contributed by atoms with Crippen LogP contribution in [0.5, 0.6) is 0 Å². The standard InChI is InChI=1S/C12H18NO3P/c14-17(15)16-10-12(13-8-4-5-9-13)11-6-2-1-3-7-11/h1-3,6-7,12,14-15H,4-5,8-10H2. The predicted octanol–water partition coefficient (Wildman–Crippen LogP) is 2.05. The van der Waals surface area contributed by atoms with E-state index in [0.29, 0.717) is 6.61 Å². The van der Waals surface area contributed by atoms with E-state index in [1.807, 2.05) is 18.2 Å². The van der Waals surface area contributed by atoms with Gasteiger partial charge in [0, 0.05) is 0 Å². The van der Waals surface area contributed by atoms with E-state index in [1.165, 1.54) is 18.4 Å². The topological polar surface area (TPSA) is 52.9 Å². The van der Waals surface area contributed by atoms with E-state index in [2.05, 4.69) is 17.0 Å². The lowest BCUT2D eigenvalue weighted by Crippen LogP contribution is -2.28. The van der Waals surface area contributed by atoms with Gasteiger partial charge < -0.3 is 14.3 Å². The summed E-state index contributed by atoms with van der Waals surface area (Å²) in [5.74, 6) is 0. The molecule has 2 N–H and O–H groups in total. The zero-order chi connectivity index (χ0) is 12.1. The molecule has 5 heteroatoms. The molecular weight excluding hydrogens is 237 g/mol. The molecule has 1 saturated heterocycles. The summed E-state index contributed by atoms with van der Waals surface area (Å²) in [5.41, 5.74) is 1.17. The molecule has 1 aliphatic rings. The molecule has 1 heterocycles. The van der Waals surface area contributed by atoms with Crippen LogP contribution < -0.4 is 0 Å². The summed E-state index contributed by atoms with van der Waals surface area (Å²) >= 11 is 0. The van der Waals surface area contributed by atoms with Crippen LogP contribution in [0.15, 0.2) is 30.3 Å². The lowest BCUT2D eigenvalue weighted by Gasteiger charge is -2.27. The monoisotopic (exact) mass is 255 g/mol. The number of hydrogen-bond acceptors (Lipinski definition) is 4. The van der Waals surface area contributed by atoms with Crippen LogP contribution in [0.2, 0.25) is 0 Å². The van der Waals surface area contributed by atoms with E-state index in [-0.39, 0.29) is 6.04 Å². The molecule has 94 valence electrons. The first-order valence-corrected chi connectivity index (χ1v) is 7.03. The van der Waals surface area contributed by atoms with Crippen molar-refractivity contribution in [1.29, 1.82) is 0 Å². The molecular formula is C12H18NO3P. The van der Waals surface area contributed by atoms with Crippen molar-refractivity contribution in [2.24, 2.45) is 0 Å². The van der Waals surface area contributed by atoms with Crippen LogP contribution >= 0.6 is 8.60 Å². The zero-order valence-corrected chi connectivity index (χ0v) is 10.6. The normalized spacial score (nSPS) is 18.8. The highest BCUT2D eigenvalue weighted by atomic mass is 31.2. The van der Waals surface area contributed by atoms with E-state index < -0.39 is 8.60 Å². The minimum atomic E-state index is -2.26. The average Bonchev–Trinajstić information content (AvgIpc) is 2.84. The predicted molar refractivity (Wildman–Crippen MR) is 67.3 cm³/mol. The summed E-state index contributed by atoms with van der Waals surface area (Å²) in [4.78, 5) is 20.1. The van der Waals surface area contributed by atoms with Gasteiger partial charge in [-0.3, -0.25) is 4.90 Å². The zero-order valence-electron chi connectivity index (χ0n) is 9.70. The van der Waals surface area contributed by atoms with Crippen LogP contribution in [0.25, 0.3) is 0 Å². The van der Waals surface area contributed by atoms with Crippen LogP contribution in [0, 0.1) is 0 Å². The third-order valence-corrected chi connectivity index (χ3v) is 3.49. The molecule has 1 aromatic rings. The van der Waals surface area contributed by atoms with Gasteiger partial charge in [-0.05, 0) is 31.5 Å². The quantitative estimate of drug-likeness (QED) is 0.791. The molecule has 0 radical (unpaired) electrons. The Kier molecular flexibility index (Phi) is 4.89. The van der Waals surface area contributed by atoms with Crippen molar-refractivity contribution in [3.05, 3.63) is 35.9 Å². The van der Waals surface area contributed by atoms with Crippen molar-refractivity contribution < 1.29 is 14.3 Å². The fourth-order valence-electron chi connectivity index (χ4n) is 2.28. The molecule has 0 saturated carbocycles. The molecule has 4 nitrogen and oxygen atoms in total. The molecule has 1 aromatic carbocycles. The van der Waals surface area contributed by atoms with Crippen LogP contribution in [0.1, 0.15) is 24.4 Å². The van der Waals surface area contributed by atoms with Gasteiger partial charge in [-0.25, -0.2) is 0 Å². The van der Waals surface area contributed by atoms with Gasteiger partial charge in [-0.2, -0.15) is 0 Å². The van der Waals surface area contributed by atoms with E-state index in [1.54, 1.807) is 0 Å². The number of likely N-dealkylation sites (tertiary alicyclic amines) is 1. The first-order valence-electron chi connectivity index (χ1n) is 5.87. The van der Waals surface area contributed by atoms with Gasteiger partial charge in [0.1, 0.15) is 0 Å². The Balaban J connectivity index is 2.06. The summed E-state index contributed by atoms with van der Waals surface area (Å²) in [6.07, 6.45) is 2.41. The van der Waals surface area contributed by atoms with Crippen molar-refractivity contribution in [3.63, 3.8) is 0 Å².